The number of hydrogen-bond acceptors (Lipinski definition) is 2. The molecule has 1 unspecified atom stereocenters. The van der Waals surface area contributed by atoms with Crippen molar-refractivity contribution in [3.05, 3.63) is 92.7 Å². The number of rotatable bonds is 4. The van der Waals surface area contributed by atoms with Crippen molar-refractivity contribution in [3.63, 3.8) is 0 Å². The highest BCUT2D eigenvalue weighted by molar-refractivity contribution is 6.30. The summed E-state index contributed by atoms with van der Waals surface area (Å²) < 4.78 is 0. The van der Waals surface area contributed by atoms with E-state index in [0.717, 1.165) is 16.7 Å². The molecule has 0 radical (unpaired) electrons. The maximum Gasteiger partial charge on any atom is 0.261 e. The Balaban J connectivity index is 1.81. The van der Waals surface area contributed by atoms with Gasteiger partial charge in [0.05, 0.1) is 6.04 Å². The van der Waals surface area contributed by atoms with Crippen molar-refractivity contribution in [2.24, 2.45) is 0 Å². The van der Waals surface area contributed by atoms with Gasteiger partial charge in [-0.1, -0.05) is 47.5 Å². The van der Waals surface area contributed by atoms with Gasteiger partial charge in [-0.25, -0.2) is 0 Å². The fraction of sp³-hybridized carbons (Fsp3) is 0.143. The summed E-state index contributed by atoms with van der Waals surface area (Å²) in [6, 6.07) is 18.1. The van der Waals surface area contributed by atoms with Crippen LogP contribution in [0.1, 0.15) is 34.5 Å². The average molecular weight is 367 g/mol. The predicted molar refractivity (Wildman–Crippen MR) is 105 cm³/mol. The molecular weight excluding hydrogens is 348 g/mol. The van der Waals surface area contributed by atoms with Crippen molar-refractivity contribution >= 4 is 17.5 Å². The van der Waals surface area contributed by atoms with Gasteiger partial charge in [0, 0.05) is 10.7 Å². The van der Waals surface area contributed by atoms with Crippen LogP contribution in [0.15, 0.2) is 65.5 Å². The Bertz CT molecular complexity index is 1010. The van der Waals surface area contributed by atoms with Gasteiger partial charge >= 0.3 is 0 Å². The highest BCUT2D eigenvalue weighted by atomic mass is 35.5. The third-order valence-electron chi connectivity index (χ3n) is 4.18. The van der Waals surface area contributed by atoms with Gasteiger partial charge in [-0.05, 0) is 55.3 Å². The third kappa shape index (κ3) is 4.03. The van der Waals surface area contributed by atoms with Gasteiger partial charge in [0.2, 0.25) is 0 Å². The first-order chi connectivity index (χ1) is 12.4. The van der Waals surface area contributed by atoms with E-state index in [9.17, 15) is 9.59 Å². The number of pyridine rings is 1. The zero-order valence-corrected chi connectivity index (χ0v) is 15.3. The molecule has 0 spiro atoms. The normalized spacial score (nSPS) is 11.8. The van der Waals surface area contributed by atoms with Gasteiger partial charge in [0.15, 0.2) is 0 Å². The molecule has 0 aliphatic heterocycles. The van der Waals surface area contributed by atoms with Crippen LogP contribution in [0.25, 0.3) is 11.3 Å². The Morgan fingerprint density at radius 3 is 2.54 bits per heavy atom. The molecule has 0 saturated carbocycles. The maximum absolute atomic E-state index is 12.5. The maximum atomic E-state index is 12.5. The minimum absolute atomic E-state index is 0.0790. The average Bonchev–Trinajstić information content (AvgIpc) is 2.61. The molecule has 2 aromatic carbocycles. The smallest absolute Gasteiger partial charge is 0.261 e. The lowest BCUT2D eigenvalue weighted by molar-refractivity contribution is 0.0938. The molecule has 0 bridgehead atoms. The molecule has 1 aromatic heterocycles. The van der Waals surface area contributed by atoms with Gasteiger partial charge in [-0.3, -0.25) is 9.59 Å². The number of carbonyl (C=O) groups is 1. The van der Waals surface area contributed by atoms with Crippen LogP contribution in [0.3, 0.4) is 0 Å². The van der Waals surface area contributed by atoms with Gasteiger partial charge in [0.25, 0.3) is 11.5 Å². The second kappa shape index (κ2) is 7.58. The summed E-state index contributed by atoms with van der Waals surface area (Å²) in [6.45, 7) is 3.83. The van der Waals surface area contributed by atoms with Crippen molar-refractivity contribution in [2.45, 2.75) is 19.9 Å². The molecule has 1 heterocycles. The van der Waals surface area contributed by atoms with E-state index >= 15 is 0 Å². The number of benzene rings is 2. The molecule has 5 heteroatoms. The summed E-state index contributed by atoms with van der Waals surface area (Å²) in [5, 5.41) is 3.43. The van der Waals surface area contributed by atoms with E-state index in [1.165, 1.54) is 0 Å². The largest absolute Gasteiger partial charge is 0.345 e. The highest BCUT2D eigenvalue weighted by Crippen LogP contribution is 2.19. The molecule has 4 nitrogen and oxygen atoms in total. The lowest BCUT2D eigenvalue weighted by atomic mass is 10.1. The zero-order valence-electron chi connectivity index (χ0n) is 14.5. The quantitative estimate of drug-likeness (QED) is 0.714. The van der Waals surface area contributed by atoms with E-state index in [-0.39, 0.29) is 11.6 Å². The van der Waals surface area contributed by atoms with Crippen LogP contribution in [-0.2, 0) is 0 Å². The molecule has 2 N–H and O–H groups in total. The molecule has 0 fully saturated rings. The van der Waals surface area contributed by atoms with E-state index in [1.807, 2.05) is 50.2 Å². The number of aryl methyl sites for hydroxylation is 1. The van der Waals surface area contributed by atoms with E-state index in [4.69, 9.17) is 11.6 Å². The number of H-pyrrole nitrogens is 1. The number of halogens is 1. The van der Waals surface area contributed by atoms with Crippen molar-refractivity contribution in [3.8, 4) is 11.3 Å². The Morgan fingerprint density at radius 2 is 1.85 bits per heavy atom. The van der Waals surface area contributed by atoms with E-state index in [2.05, 4.69) is 10.3 Å². The fourth-order valence-corrected chi connectivity index (χ4v) is 2.97. The van der Waals surface area contributed by atoms with E-state index in [1.54, 1.807) is 24.3 Å². The van der Waals surface area contributed by atoms with Crippen molar-refractivity contribution < 1.29 is 4.79 Å². The second-order valence-electron chi connectivity index (χ2n) is 6.23. The third-order valence-corrected chi connectivity index (χ3v) is 4.41. The number of nitrogens with one attached hydrogen (secondary N) is 2. The number of amides is 1. The predicted octanol–water partition coefficient (Wildman–Crippen LogP) is 4.49. The molecule has 0 saturated heterocycles. The second-order valence-corrected chi connectivity index (χ2v) is 6.67. The Hall–Kier alpha value is -2.85. The molecule has 26 heavy (non-hydrogen) atoms. The molecule has 0 aliphatic carbocycles. The van der Waals surface area contributed by atoms with Crippen molar-refractivity contribution in [1.29, 1.82) is 0 Å². The summed E-state index contributed by atoms with van der Waals surface area (Å²) >= 11 is 5.99. The Morgan fingerprint density at radius 1 is 1.08 bits per heavy atom. The summed E-state index contributed by atoms with van der Waals surface area (Å²) in [5.41, 5.74) is 3.22. The fourth-order valence-electron chi connectivity index (χ4n) is 2.77. The minimum atomic E-state index is -0.422. The first-order valence-electron chi connectivity index (χ1n) is 8.31. The van der Waals surface area contributed by atoms with Crippen LogP contribution < -0.4 is 10.9 Å². The highest BCUT2D eigenvalue weighted by Gasteiger charge is 2.15. The van der Waals surface area contributed by atoms with E-state index < -0.39 is 11.5 Å². The molecule has 1 atom stereocenters. The number of carbonyl (C=O) groups excluding carboxylic acids is 1. The standard InChI is InChI=1S/C21H19ClN2O2/c1-13-5-3-7-16(11-13)19-10-9-18(21(26)24-19)20(25)23-14(2)15-6-4-8-17(22)12-15/h3-12,14H,1-2H3,(H,23,25)(H,24,26). The lowest BCUT2D eigenvalue weighted by Gasteiger charge is -2.14. The number of aromatic nitrogens is 1. The number of aromatic amines is 1. The topological polar surface area (TPSA) is 62.0 Å². The van der Waals surface area contributed by atoms with Gasteiger partial charge in [0.1, 0.15) is 5.56 Å². The SMILES string of the molecule is Cc1cccc(-c2ccc(C(=O)NC(C)c3cccc(Cl)c3)c(=O)[nH]2)c1. The molecule has 3 rings (SSSR count). The lowest BCUT2D eigenvalue weighted by Crippen LogP contribution is -2.31. The van der Waals surface area contributed by atoms with Crippen LogP contribution >= 0.6 is 11.6 Å². The molecule has 132 valence electrons. The monoisotopic (exact) mass is 366 g/mol. The van der Waals surface area contributed by atoms with Gasteiger partial charge in [-0.15, -0.1) is 0 Å². The van der Waals surface area contributed by atoms with Gasteiger partial charge < -0.3 is 10.3 Å². The van der Waals surface area contributed by atoms with E-state index in [0.29, 0.717) is 10.7 Å². The first-order valence-corrected chi connectivity index (χ1v) is 8.68. The first kappa shape index (κ1) is 18.0. The molecule has 0 aliphatic rings. The Kier molecular flexibility index (Phi) is 5.24. The van der Waals surface area contributed by atoms with Crippen molar-refractivity contribution in [2.75, 3.05) is 0 Å². The van der Waals surface area contributed by atoms with Crippen LogP contribution in [0.4, 0.5) is 0 Å². The molecule has 3 aromatic rings. The van der Waals surface area contributed by atoms with Gasteiger partial charge in [-0.2, -0.15) is 0 Å². The zero-order chi connectivity index (χ0) is 18.7. The summed E-state index contributed by atoms with van der Waals surface area (Å²) in [5.74, 6) is -0.422. The molecular formula is C21H19ClN2O2. The Labute approximate surface area is 156 Å². The van der Waals surface area contributed by atoms with Crippen LogP contribution in [0.2, 0.25) is 5.02 Å². The summed E-state index contributed by atoms with van der Waals surface area (Å²) in [6.07, 6.45) is 0. The summed E-state index contributed by atoms with van der Waals surface area (Å²) in [7, 11) is 0. The van der Waals surface area contributed by atoms with Crippen molar-refractivity contribution in [1.82, 2.24) is 10.3 Å². The molecule has 1 amide bonds. The van der Waals surface area contributed by atoms with Crippen LogP contribution in [-0.4, -0.2) is 10.9 Å². The summed E-state index contributed by atoms with van der Waals surface area (Å²) in [4.78, 5) is 27.6. The van der Waals surface area contributed by atoms with Crippen LogP contribution in [0.5, 0.6) is 0 Å². The van der Waals surface area contributed by atoms with Crippen LogP contribution in [0, 0.1) is 6.92 Å². The minimum Gasteiger partial charge on any atom is -0.345 e. The number of hydrogen-bond donors (Lipinski definition) is 2.